The van der Waals surface area contributed by atoms with Crippen molar-refractivity contribution < 1.29 is 13.2 Å². The molecule has 0 saturated carbocycles. The number of hydrogen-bond donors (Lipinski definition) is 1. The smallest absolute Gasteiger partial charge is 0.240 e. The number of methoxy groups -OCH3 is 1. The quantitative estimate of drug-likeness (QED) is 0.727. The molecule has 0 spiro atoms. The van der Waals surface area contributed by atoms with Gasteiger partial charge >= 0.3 is 0 Å². The first-order valence-electron chi connectivity index (χ1n) is 7.70. The maximum atomic E-state index is 12.3. The Kier molecular flexibility index (Phi) is 6.71. The first kappa shape index (κ1) is 18.8. The van der Waals surface area contributed by atoms with Crippen LogP contribution < -0.4 is 9.46 Å². The second kappa shape index (κ2) is 8.55. The number of rotatable bonds is 8. The third-order valence-corrected chi connectivity index (χ3v) is 6.06. The van der Waals surface area contributed by atoms with Crippen LogP contribution in [0, 0.1) is 13.8 Å². The Hall–Kier alpha value is -1.50. The topological polar surface area (TPSA) is 55.4 Å². The Balaban J connectivity index is 1.83. The number of thioether (sulfide) groups is 1. The van der Waals surface area contributed by atoms with E-state index in [0.29, 0.717) is 12.3 Å². The Labute approximate surface area is 148 Å². The summed E-state index contributed by atoms with van der Waals surface area (Å²) in [5.74, 6) is 2.29. The molecule has 0 heterocycles. The molecule has 0 radical (unpaired) electrons. The average molecular weight is 366 g/mol. The molecule has 24 heavy (non-hydrogen) atoms. The van der Waals surface area contributed by atoms with E-state index >= 15 is 0 Å². The lowest BCUT2D eigenvalue weighted by molar-refractivity contribution is 0.411. The SMILES string of the molecule is COc1ccc(S(=O)(=O)NCCSCc2cccc(C)c2)cc1C. The van der Waals surface area contributed by atoms with Gasteiger partial charge in [-0.05, 0) is 43.2 Å². The lowest BCUT2D eigenvalue weighted by Gasteiger charge is -2.10. The van der Waals surface area contributed by atoms with Crippen LogP contribution in [-0.2, 0) is 15.8 Å². The molecule has 0 atom stereocenters. The Morgan fingerprint density at radius 1 is 1.12 bits per heavy atom. The normalized spacial score (nSPS) is 11.5. The van der Waals surface area contributed by atoms with E-state index in [2.05, 4.69) is 29.8 Å². The van der Waals surface area contributed by atoms with Gasteiger partial charge < -0.3 is 4.74 Å². The molecule has 0 saturated heterocycles. The van der Waals surface area contributed by atoms with E-state index in [4.69, 9.17) is 4.74 Å². The first-order chi connectivity index (χ1) is 11.4. The minimum atomic E-state index is -3.48. The Bertz CT molecular complexity index is 789. The van der Waals surface area contributed by atoms with Crippen LogP contribution >= 0.6 is 11.8 Å². The molecule has 2 rings (SSSR count). The van der Waals surface area contributed by atoms with E-state index in [-0.39, 0.29) is 4.90 Å². The Morgan fingerprint density at radius 3 is 2.58 bits per heavy atom. The summed E-state index contributed by atoms with van der Waals surface area (Å²) in [7, 11) is -1.91. The highest BCUT2D eigenvalue weighted by Gasteiger charge is 2.14. The van der Waals surface area contributed by atoms with Gasteiger partial charge in [-0.2, -0.15) is 11.8 Å². The van der Waals surface area contributed by atoms with Gasteiger partial charge in [-0.15, -0.1) is 0 Å². The molecule has 0 aliphatic heterocycles. The van der Waals surface area contributed by atoms with Gasteiger partial charge in [0, 0.05) is 18.1 Å². The zero-order chi connectivity index (χ0) is 17.6. The lowest BCUT2D eigenvalue weighted by Crippen LogP contribution is -2.26. The number of aryl methyl sites for hydroxylation is 2. The zero-order valence-corrected chi connectivity index (χ0v) is 15.8. The molecule has 6 heteroatoms. The number of ether oxygens (including phenoxy) is 1. The second-order valence-electron chi connectivity index (χ2n) is 5.57. The number of hydrogen-bond acceptors (Lipinski definition) is 4. The molecule has 2 aromatic rings. The maximum Gasteiger partial charge on any atom is 0.240 e. The van der Waals surface area contributed by atoms with Crippen molar-refractivity contribution >= 4 is 21.8 Å². The monoisotopic (exact) mass is 365 g/mol. The summed E-state index contributed by atoms with van der Waals surface area (Å²) in [5, 5.41) is 0. The van der Waals surface area contributed by atoms with Gasteiger partial charge in [0.2, 0.25) is 10.0 Å². The largest absolute Gasteiger partial charge is 0.496 e. The number of benzene rings is 2. The van der Waals surface area contributed by atoms with E-state index in [0.717, 1.165) is 17.1 Å². The lowest BCUT2D eigenvalue weighted by atomic mass is 10.2. The Morgan fingerprint density at radius 2 is 1.92 bits per heavy atom. The van der Waals surface area contributed by atoms with Crippen LogP contribution in [0.2, 0.25) is 0 Å². The second-order valence-corrected chi connectivity index (χ2v) is 8.44. The van der Waals surface area contributed by atoms with Gasteiger partial charge in [-0.3, -0.25) is 0 Å². The molecule has 130 valence electrons. The van der Waals surface area contributed by atoms with Crippen LogP contribution in [0.1, 0.15) is 16.7 Å². The number of nitrogens with one attached hydrogen (secondary N) is 1. The molecule has 4 nitrogen and oxygen atoms in total. The molecule has 1 N–H and O–H groups in total. The van der Waals surface area contributed by atoms with Crippen LogP contribution in [0.5, 0.6) is 5.75 Å². The molecular formula is C18H23NO3S2. The standard InChI is InChI=1S/C18H23NO3S2/c1-14-5-4-6-16(11-14)13-23-10-9-19-24(20,21)17-7-8-18(22-3)15(2)12-17/h4-8,11-12,19H,9-10,13H2,1-3H3. The van der Waals surface area contributed by atoms with Crippen molar-refractivity contribution in [3.8, 4) is 5.75 Å². The number of sulfonamides is 1. The molecule has 0 aliphatic rings. The fourth-order valence-corrected chi connectivity index (χ4v) is 4.39. The predicted molar refractivity (Wildman–Crippen MR) is 100 cm³/mol. The minimum absolute atomic E-state index is 0.268. The van der Waals surface area contributed by atoms with Gasteiger partial charge in [0.05, 0.1) is 12.0 Å². The molecule has 0 aromatic heterocycles. The van der Waals surface area contributed by atoms with E-state index in [1.807, 2.05) is 13.0 Å². The molecule has 0 fully saturated rings. The van der Waals surface area contributed by atoms with Gasteiger partial charge in [0.25, 0.3) is 0 Å². The average Bonchev–Trinajstić information content (AvgIpc) is 2.54. The third kappa shape index (κ3) is 5.26. The molecule has 0 aliphatic carbocycles. The van der Waals surface area contributed by atoms with Crippen molar-refractivity contribution in [3.05, 3.63) is 59.2 Å². The van der Waals surface area contributed by atoms with Crippen molar-refractivity contribution in [1.82, 2.24) is 4.72 Å². The highest BCUT2D eigenvalue weighted by molar-refractivity contribution is 7.98. The molecular weight excluding hydrogens is 342 g/mol. The maximum absolute atomic E-state index is 12.3. The summed E-state index contributed by atoms with van der Waals surface area (Å²) in [6.45, 7) is 4.30. The molecule has 0 bridgehead atoms. The summed E-state index contributed by atoms with van der Waals surface area (Å²) in [4.78, 5) is 0.268. The van der Waals surface area contributed by atoms with Gasteiger partial charge in [-0.25, -0.2) is 13.1 Å². The molecule has 0 unspecified atom stereocenters. The molecule has 0 amide bonds. The van der Waals surface area contributed by atoms with Crippen molar-refractivity contribution in [2.75, 3.05) is 19.4 Å². The summed E-state index contributed by atoms with van der Waals surface area (Å²) in [5.41, 5.74) is 3.30. The molecule has 2 aromatic carbocycles. The fraction of sp³-hybridized carbons (Fsp3) is 0.333. The summed E-state index contributed by atoms with van der Waals surface area (Å²) in [6.07, 6.45) is 0. The third-order valence-electron chi connectivity index (χ3n) is 3.57. The van der Waals surface area contributed by atoms with Gasteiger partial charge in [0.1, 0.15) is 5.75 Å². The van der Waals surface area contributed by atoms with Crippen molar-refractivity contribution in [2.45, 2.75) is 24.5 Å². The fourth-order valence-electron chi connectivity index (χ4n) is 2.34. The zero-order valence-electron chi connectivity index (χ0n) is 14.2. The minimum Gasteiger partial charge on any atom is -0.496 e. The summed E-state index contributed by atoms with van der Waals surface area (Å²) >= 11 is 1.71. The summed E-state index contributed by atoms with van der Waals surface area (Å²) in [6, 6.07) is 13.2. The highest BCUT2D eigenvalue weighted by atomic mass is 32.2. The first-order valence-corrected chi connectivity index (χ1v) is 10.3. The van der Waals surface area contributed by atoms with E-state index in [9.17, 15) is 8.42 Å². The summed E-state index contributed by atoms with van der Waals surface area (Å²) < 4.78 is 32.4. The highest BCUT2D eigenvalue weighted by Crippen LogP contribution is 2.21. The van der Waals surface area contributed by atoms with Gasteiger partial charge in [-0.1, -0.05) is 29.8 Å². The van der Waals surface area contributed by atoms with E-state index in [1.54, 1.807) is 37.1 Å². The van der Waals surface area contributed by atoms with Crippen molar-refractivity contribution in [2.24, 2.45) is 0 Å². The van der Waals surface area contributed by atoms with Crippen LogP contribution in [0.15, 0.2) is 47.4 Å². The van der Waals surface area contributed by atoms with E-state index < -0.39 is 10.0 Å². The van der Waals surface area contributed by atoms with Crippen molar-refractivity contribution in [3.63, 3.8) is 0 Å². The van der Waals surface area contributed by atoms with Crippen LogP contribution in [-0.4, -0.2) is 27.8 Å². The van der Waals surface area contributed by atoms with Crippen LogP contribution in [0.25, 0.3) is 0 Å². The van der Waals surface area contributed by atoms with Gasteiger partial charge in [0.15, 0.2) is 0 Å². The predicted octanol–water partition coefficient (Wildman–Crippen LogP) is 3.52. The van der Waals surface area contributed by atoms with Crippen LogP contribution in [0.4, 0.5) is 0 Å². The van der Waals surface area contributed by atoms with E-state index in [1.165, 1.54) is 11.1 Å². The van der Waals surface area contributed by atoms with Crippen molar-refractivity contribution in [1.29, 1.82) is 0 Å². The van der Waals surface area contributed by atoms with Crippen LogP contribution in [0.3, 0.4) is 0 Å².